The Bertz CT molecular complexity index is 757. The van der Waals surface area contributed by atoms with Crippen molar-refractivity contribution in [1.82, 2.24) is 4.98 Å². The highest BCUT2D eigenvalue weighted by atomic mass is 35.5. The number of hydrogen-bond acceptors (Lipinski definition) is 5. The number of rotatable bonds is 4. The molecule has 0 bridgehead atoms. The highest BCUT2D eigenvalue weighted by Gasteiger charge is 2.12. The molecule has 0 N–H and O–H groups in total. The van der Waals surface area contributed by atoms with Gasteiger partial charge in [0.15, 0.2) is 9.84 Å². The van der Waals surface area contributed by atoms with Gasteiger partial charge in [-0.3, -0.25) is 0 Å². The lowest BCUT2D eigenvalue weighted by atomic mass is 10.2. The number of halogens is 1. The largest absolute Gasteiger partial charge is 0.457 e. The number of sulfone groups is 1. The van der Waals surface area contributed by atoms with Crippen molar-refractivity contribution in [2.45, 2.75) is 11.5 Å². The van der Waals surface area contributed by atoms with Gasteiger partial charge in [-0.15, -0.1) is 0 Å². The fourth-order valence-electron chi connectivity index (χ4n) is 1.58. The van der Waals surface area contributed by atoms with E-state index in [4.69, 9.17) is 16.3 Å². The average Bonchev–Trinajstić information content (AvgIpc) is 2.45. The number of pyridine rings is 1. The Kier molecular flexibility index (Phi) is 4.59. The van der Waals surface area contributed by atoms with Gasteiger partial charge in [-0.05, 0) is 24.3 Å². The van der Waals surface area contributed by atoms with Gasteiger partial charge < -0.3 is 4.74 Å². The van der Waals surface area contributed by atoms with E-state index < -0.39 is 15.8 Å². The molecule has 0 saturated carbocycles. The Morgan fingerprint density at radius 3 is 2.67 bits per heavy atom. The summed E-state index contributed by atoms with van der Waals surface area (Å²) in [6.45, 7) is 0.0338. The quantitative estimate of drug-likeness (QED) is 0.638. The van der Waals surface area contributed by atoms with E-state index in [1.165, 1.54) is 30.5 Å². The number of esters is 1. The first-order valence-corrected chi connectivity index (χ1v) is 8.21. The smallest absolute Gasteiger partial charge is 0.338 e. The summed E-state index contributed by atoms with van der Waals surface area (Å²) in [6.07, 6.45) is 2.58. The van der Waals surface area contributed by atoms with Gasteiger partial charge in [0.1, 0.15) is 11.8 Å². The molecular formula is C14H12ClNO4S. The molecule has 0 atom stereocenters. The monoisotopic (exact) mass is 325 g/mol. The lowest BCUT2D eigenvalue weighted by Gasteiger charge is -2.06. The van der Waals surface area contributed by atoms with Crippen molar-refractivity contribution in [3.63, 3.8) is 0 Å². The second-order valence-electron chi connectivity index (χ2n) is 4.37. The molecule has 0 amide bonds. The minimum atomic E-state index is -3.36. The van der Waals surface area contributed by atoms with Gasteiger partial charge >= 0.3 is 5.97 Å². The number of hydrogen-bond donors (Lipinski definition) is 0. The SMILES string of the molecule is CS(=O)(=O)c1cccc(C(=O)OCc2ccc(Cl)nc2)c1. The molecule has 2 rings (SSSR count). The van der Waals surface area contributed by atoms with Crippen LogP contribution in [0.25, 0.3) is 0 Å². The second kappa shape index (κ2) is 6.24. The van der Waals surface area contributed by atoms with Gasteiger partial charge in [0.2, 0.25) is 0 Å². The van der Waals surface area contributed by atoms with E-state index in [1.54, 1.807) is 12.1 Å². The second-order valence-corrected chi connectivity index (χ2v) is 6.77. The number of carbonyl (C=O) groups is 1. The molecular weight excluding hydrogens is 314 g/mol. The van der Waals surface area contributed by atoms with Crippen LogP contribution in [0, 0.1) is 0 Å². The summed E-state index contributed by atoms with van der Waals surface area (Å²) in [7, 11) is -3.36. The molecule has 5 nitrogen and oxygen atoms in total. The molecule has 0 radical (unpaired) electrons. The first-order valence-electron chi connectivity index (χ1n) is 5.94. The molecule has 0 aliphatic heterocycles. The van der Waals surface area contributed by atoms with Crippen molar-refractivity contribution in [3.8, 4) is 0 Å². The highest BCUT2D eigenvalue weighted by molar-refractivity contribution is 7.90. The third-order valence-corrected chi connectivity index (χ3v) is 3.99. The summed E-state index contributed by atoms with van der Waals surface area (Å²) in [5.41, 5.74) is 0.867. The number of ether oxygens (including phenoxy) is 1. The summed E-state index contributed by atoms with van der Waals surface area (Å²) in [4.78, 5) is 15.8. The molecule has 0 spiro atoms. The van der Waals surface area contributed by atoms with E-state index in [0.29, 0.717) is 10.7 Å². The van der Waals surface area contributed by atoms with Crippen LogP contribution in [-0.4, -0.2) is 25.6 Å². The van der Waals surface area contributed by atoms with Crippen molar-refractivity contribution in [2.75, 3.05) is 6.26 Å². The topological polar surface area (TPSA) is 73.3 Å². The predicted octanol–water partition coefficient (Wildman–Crippen LogP) is 2.50. The maximum absolute atomic E-state index is 11.9. The molecule has 0 aliphatic rings. The molecule has 0 fully saturated rings. The first kappa shape index (κ1) is 15.5. The zero-order valence-corrected chi connectivity index (χ0v) is 12.7. The Morgan fingerprint density at radius 1 is 1.29 bits per heavy atom. The fraction of sp³-hybridized carbons (Fsp3) is 0.143. The Balaban J connectivity index is 2.08. The molecule has 2 aromatic rings. The van der Waals surface area contributed by atoms with Crippen LogP contribution in [0.1, 0.15) is 15.9 Å². The molecule has 1 heterocycles. The molecule has 0 unspecified atom stereocenters. The number of aromatic nitrogens is 1. The van der Waals surface area contributed by atoms with E-state index in [1.807, 2.05) is 0 Å². The third kappa shape index (κ3) is 4.27. The van der Waals surface area contributed by atoms with E-state index in [-0.39, 0.29) is 17.1 Å². The van der Waals surface area contributed by atoms with Crippen LogP contribution < -0.4 is 0 Å². The zero-order valence-electron chi connectivity index (χ0n) is 11.1. The Hall–Kier alpha value is -1.92. The summed E-state index contributed by atoms with van der Waals surface area (Å²) in [6, 6.07) is 8.99. The van der Waals surface area contributed by atoms with Crippen LogP contribution in [-0.2, 0) is 21.2 Å². The number of carbonyl (C=O) groups excluding carboxylic acids is 1. The van der Waals surface area contributed by atoms with E-state index in [9.17, 15) is 13.2 Å². The lowest BCUT2D eigenvalue weighted by molar-refractivity contribution is 0.0472. The van der Waals surface area contributed by atoms with E-state index in [0.717, 1.165) is 6.26 Å². The first-order chi connectivity index (χ1) is 9.86. The van der Waals surface area contributed by atoms with Crippen molar-refractivity contribution in [1.29, 1.82) is 0 Å². The van der Waals surface area contributed by atoms with E-state index in [2.05, 4.69) is 4.98 Å². The van der Waals surface area contributed by atoms with Gasteiger partial charge in [0, 0.05) is 18.0 Å². The van der Waals surface area contributed by atoms with Crippen molar-refractivity contribution >= 4 is 27.4 Å². The molecule has 1 aromatic carbocycles. The zero-order chi connectivity index (χ0) is 15.5. The van der Waals surface area contributed by atoms with Crippen LogP contribution in [0.5, 0.6) is 0 Å². The summed E-state index contributed by atoms with van der Waals surface area (Å²) < 4.78 is 28.0. The fourth-order valence-corrected chi connectivity index (χ4v) is 2.36. The Morgan fingerprint density at radius 2 is 2.05 bits per heavy atom. The third-order valence-electron chi connectivity index (χ3n) is 2.66. The average molecular weight is 326 g/mol. The van der Waals surface area contributed by atoms with Crippen LogP contribution >= 0.6 is 11.6 Å². The van der Waals surface area contributed by atoms with Gasteiger partial charge in [0.25, 0.3) is 0 Å². The molecule has 1 aromatic heterocycles. The Labute approximate surface area is 127 Å². The van der Waals surface area contributed by atoms with Gasteiger partial charge in [-0.2, -0.15) is 0 Å². The van der Waals surface area contributed by atoms with Crippen LogP contribution in [0.2, 0.25) is 5.15 Å². The maximum Gasteiger partial charge on any atom is 0.338 e. The van der Waals surface area contributed by atoms with Gasteiger partial charge in [0.05, 0.1) is 10.5 Å². The summed E-state index contributed by atoms with van der Waals surface area (Å²) in [5.74, 6) is -0.601. The molecule has 0 saturated heterocycles. The van der Waals surface area contributed by atoms with E-state index >= 15 is 0 Å². The van der Waals surface area contributed by atoms with Crippen LogP contribution in [0.15, 0.2) is 47.5 Å². The van der Waals surface area contributed by atoms with Crippen molar-refractivity contribution < 1.29 is 17.9 Å². The maximum atomic E-state index is 11.9. The molecule has 7 heteroatoms. The normalized spacial score (nSPS) is 11.1. The van der Waals surface area contributed by atoms with Gasteiger partial charge in [-0.1, -0.05) is 23.7 Å². The lowest BCUT2D eigenvalue weighted by Crippen LogP contribution is -2.07. The van der Waals surface area contributed by atoms with Crippen molar-refractivity contribution in [2.24, 2.45) is 0 Å². The predicted molar refractivity (Wildman–Crippen MR) is 77.9 cm³/mol. The number of benzene rings is 1. The minimum absolute atomic E-state index is 0.0338. The molecule has 21 heavy (non-hydrogen) atoms. The summed E-state index contributed by atoms with van der Waals surface area (Å²) in [5, 5.41) is 0.353. The molecule has 110 valence electrons. The minimum Gasteiger partial charge on any atom is -0.457 e. The number of nitrogens with zero attached hydrogens (tertiary/aromatic N) is 1. The summed E-state index contributed by atoms with van der Waals surface area (Å²) >= 11 is 5.65. The highest BCUT2D eigenvalue weighted by Crippen LogP contribution is 2.13. The standard InChI is InChI=1S/C14H12ClNO4S/c1-21(18,19)12-4-2-3-11(7-12)14(17)20-9-10-5-6-13(15)16-8-10/h2-8H,9H2,1H3. The molecule has 0 aliphatic carbocycles. The van der Waals surface area contributed by atoms with Crippen LogP contribution in [0.3, 0.4) is 0 Å². The van der Waals surface area contributed by atoms with Gasteiger partial charge in [-0.25, -0.2) is 18.2 Å². The van der Waals surface area contributed by atoms with Crippen molar-refractivity contribution in [3.05, 3.63) is 58.9 Å². The van der Waals surface area contributed by atoms with Crippen LogP contribution in [0.4, 0.5) is 0 Å².